The van der Waals surface area contributed by atoms with Crippen LogP contribution in [0.1, 0.15) is 38.4 Å². The zero-order chi connectivity index (χ0) is 19.7. The van der Waals surface area contributed by atoms with E-state index in [4.69, 9.17) is 4.74 Å². The Hall–Kier alpha value is -3.00. The summed E-state index contributed by atoms with van der Waals surface area (Å²) in [5.74, 6) is 0.361. The van der Waals surface area contributed by atoms with Gasteiger partial charge in [-0.15, -0.1) is 0 Å². The van der Waals surface area contributed by atoms with Gasteiger partial charge in [0.15, 0.2) is 0 Å². The van der Waals surface area contributed by atoms with Gasteiger partial charge in [0.05, 0.1) is 28.9 Å². The summed E-state index contributed by atoms with van der Waals surface area (Å²) < 4.78 is 7.11. The third-order valence-electron chi connectivity index (χ3n) is 5.21. The van der Waals surface area contributed by atoms with Crippen molar-refractivity contribution in [3.63, 3.8) is 0 Å². The van der Waals surface area contributed by atoms with Gasteiger partial charge in [0.2, 0.25) is 5.95 Å². The van der Waals surface area contributed by atoms with Crippen molar-refractivity contribution in [2.75, 3.05) is 18.5 Å². The van der Waals surface area contributed by atoms with Gasteiger partial charge in [-0.3, -0.25) is 14.6 Å². The van der Waals surface area contributed by atoms with Crippen LogP contribution in [0.5, 0.6) is 0 Å². The van der Waals surface area contributed by atoms with Crippen LogP contribution in [0, 0.1) is 0 Å². The van der Waals surface area contributed by atoms with Crippen LogP contribution in [0.25, 0.3) is 10.8 Å². The minimum absolute atomic E-state index is 0.214. The van der Waals surface area contributed by atoms with Crippen LogP contribution in [0.4, 0.5) is 5.95 Å². The maximum atomic E-state index is 12.8. The van der Waals surface area contributed by atoms with E-state index in [0.29, 0.717) is 23.6 Å². The minimum Gasteiger partial charge on any atom is -0.373 e. The van der Waals surface area contributed by atoms with Crippen molar-refractivity contribution in [2.45, 2.75) is 38.3 Å². The smallest absolute Gasteiger partial charge is 0.275 e. The average molecular weight is 381 g/mol. The zero-order valence-corrected chi connectivity index (χ0v) is 15.9. The van der Waals surface area contributed by atoms with Crippen molar-refractivity contribution in [1.82, 2.24) is 19.7 Å². The number of ether oxygens (including phenoxy) is 1. The lowest BCUT2D eigenvalue weighted by atomic mass is 10.0. The van der Waals surface area contributed by atoms with E-state index in [0.717, 1.165) is 24.8 Å². The summed E-state index contributed by atoms with van der Waals surface area (Å²) in [5, 5.41) is 8.79. The van der Waals surface area contributed by atoms with Crippen molar-refractivity contribution in [2.24, 2.45) is 0 Å². The van der Waals surface area contributed by atoms with Gasteiger partial charge in [-0.05, 0) is 32.8 Å². The fourth-order valence-electron chi connectivity index (χ4n) is 3.53. The van der Waals surface area contributed by atoms with Crippen LogP contribution in [0.3, 0.4) is 0 Å². The Labute approximate surface area is 161 Å². The molecule has 8 nitrogen and oxygen atoms in total. The number of H-pyrrole nitrogens is 1. The summed E-state index contributed by atoms with van der Waals surface area (Å²) in [7, 11) is 0. The Morgan fingerprint density at radius 2 is 2.18 bits per heavy atom. The summed E-state index contributed by atoms with van der Waals surface area (Å²) in [6.07, 6.45) is 3.63. The number of fused-ring (bicyclic) bond motifs is 1. The van der Waals surface area contributed by atoms with E-state index in [-0.39, 0.29) is 16.7 Å². The fourth-order valence-corrected chi connectivity index (χ4v) is 3.53. The van der Waals surface area contributed by atoms with Crippen molar-refractivity contribution in [3.05, 3.63) is 62.9 Å². The molecule has 146 valence electrons. The summed E-state index contributed by atoms with van der Waals surface area (Å²) in [6, 6.07) is 8.20. The molecule has 0 radical (unpaired) electrons. The fraction of sp³-hybridized carbons (Fsp3) is 0.400. The maximum absolute atomic E-state index is 12.8. The first-order chi connectivity index (χ1) is 13.5. The Morgan fingerprint density at radius 3 is 2.96 bits per heavy atom. The Kier molecular flexibility index (Phi) is 4.72. The zero-order valence-electron chi connectivity index (χ0n) is 15.9. The van der Waals surface area contributed by atoms with Crippen molar-refractivity contribution in [3.8, 4) is 0 Å². The lowest BCUT2D eigenvalue weighted by Gasteiger charge is -2.23. The summed E-state index contributed by atoms with van der Waals surface area (Å²) in [4.78, 5) is 32.2. The molecule has 28 heavy (non-hydrogen) atoms. The molecule has 1 saturated heterocycles. The molecule has 0 amide bonds. The van der Waals surface area contributed by atoms with E-state index in [2.05, 4.69) is 20.4 Å². The summed E-state index contributed by atoms with van der Waals surface area (Å²) >= 11 is 0. The van der Waals surface area contributed by atoms with E-state index >= 15 is 0 Å². The van der Waals surface area contributed by atoms with E-state index in [1.807, 2.05) is 25.1 Å². The summed E-state index contributed by atoms with van der Waals surface area (Å²) in [5.41, 5.74) is -0.301. The molecule has 3 aromatic rings. The molecule has 2 N–H and O–H groups in total. The molecule has 0 saturated carbocycles. The quantitative estimate of drug-likeness (QED) is 0.701. The predicted octanol–water partition coefficient (Wildman–Crippen LogP) is 2.07. The Morgan fingerprint density at radius 1 is 1.36 bits per heavy atom. The highest BCUT2D eigenvalue weighted by atomic mass is 16.5. The molecular formula is C20H23N5O3. The lowest BCUT2D eigenvalue weighted by Crippen LogP contribution is -2.34. The van der Waals surface area contributed by atoms with Crippen LogP contribution < -0.4 is 16.4 Å². The molecule has 8 heteroatoms. The van der Waals surface area contributed by atoms with Crippen LogP contribution in [-0.4, -0.2) is 38.5 Å². The lowest BCUT2D eigenvalue weighted by molar-refractivity contribution is 0.0314. The molecule has 4 rings (SSSR count). The van der Waals surface area contributed by atoms with Crippen LogP contribution in [-0.2, 0) is 4.74 Å². The van der Waals surface area contributed by atoms with Crippen LogP contribution in [0.2, 0.25) is 0 Å². The first-order valence-corrected chi connectivity index (χ1v) is 9.41. The third-order valence-corrected chi connectivity index (χ3v) is 5.21. The van der Waals surface area contributed by atoms with E-state index in [9.17, 15) is 9.59 Å². The van der Waals surface area contributed by atoms with Gasteiger partial charge in [-0.25, -0.2) is 9.67 Å². The molecule has 0 unspecified atom stereocenters. The number of hydrogen-bond acceptors (Lipinski definition) is 6. The highest BCUT2D eigenvalue weighted by Crippen LogP contribution is 2.25. The molecule has 1 aliphatic rings. The molecule has 2 atom stereocenters. The third kappa shape index (κ3) is 3.55. The molecular weight excluding hydrogens is 358 g/mol. The monoisotopic (exact) mass is 381 g/mol. The topological polar surface area (TPSA) is 102 Å². The van der Waals surface area contributed by atoms with Gasteiger partial charge in [-0.1, -0.05) is 18.2 Å². The molecule has 1 fully saturated rings. The number of hydrogen-bond donors (Lipinski definition) is 2. The van der Waals surface area contributed by atoms with E-state index in [1.54, 1.807) is 19.2 Å². The second-order valence-corrected chi connectivity index (χ2v) is 7.43. The number of benzene rings is 1. The number of rotatable bonds is 5. The predicted molar refractivity (Wildman–Crippen MR) is 107 cm³/mol. The van der Waals surface area contributed by atoms with Gasteiger partial charge >= 0.3 is 0 Å². The number of aromatic amines is 1. The first kappa shape index (κ1) is 18.4. The first-order valence-electron chi connectivity index (χ1n) is 9.41. The number of nitrogens with one attached hydrogen (secondary N) is 2. The normalized spacial score (nSPS) is 20.4. The minimum atomic E-state index is -0.488. The van der Waals surface area contributed by atoms with Gasteiger partial charge in [0.1, 0.15) is 0 Å². The van der Waals surface area contributed by atoms with Gasteiger partial charge < -0.3 is 10.1 Å². The van der Waals surface area contributed by atoms with Crippen LogP contribution >= 0.6 is 0 Å². The standard InChI is InChI=1S/C20H23N5O3/c1-13(25-18(27)15-7-4-3-6-14(15)11-22-25)16-10-17(26)24-19(23-16)21-12-20(2)8-5-9-28-20/h3-4,6-7,10-11,13H,5,8-9,12H2,1-2H3,(H2,21,23,24,26)/t13-,20+/m0/s1. The van der Waals surface area contributed by atoms with Gasteiger partial charge in [-0.2, -0.15) is 5.10 Å². The largest absolute Gasteiger partial charge is 0.373 e. The van der Waals surface area contributed by atoms with Gasteiger partial charge in [0.25, 0.3) is 11.1 Å². The van der Waals surface area contributed by atoms with E-state index < -0.39 is 6.04 Å². The second-order valence-electron chi connectivity index (χ2n) is 7.43. The van der Waals surface area contributed by atoms with Crippen LogP contribution in [0.15, 0.2) is 46.1 Å². The Balaban J connectivity index is 1.63. The van der Waals surface area contributed by atoms with Crippen molar-refractivity contribution < 1.29 is 4.74 Å². The van der Waals surface area contributed by atoms with Crippen molar-refractivity contribution >= 4 is 16.7 Å². The Bertz CT molecular complexity index is 1110. The average Bonchev–Trinajstić information content (AvgIpc) is 3.13. The van der Waals surface area contributed by atoms with Gasteiger partial charge in [0, 0.05) is 24.6 Å². The number of aromatic nitrogens is 4. The highest BCUT2D eigenvalue weighted by Gasteiger charge is 2.29. The van der Waals surface area contributed by atoms with E-state index in [1.165, 1.54) is 10.7 Å². The summed E-state index contributed by atoms with van der Waals surface area (Å²) in [6.45, 7) is 5.13. The number of anilines is 1. The molecule has 0 spiro atoms. The molecule has 1 aromatic carbocycles. The molecule has 0 aliphatic carbocycles. The molecule has 0 bridgehead atoms. The molecule has 1 aliphatic heterocycles. The second kappa shape index (κ2) is 7.20. The maximum Gasteiger partial charge on any atom is 0.275 e. The molecule has 2 aromatic heterocycles. The number of nitrogens with zero attached hydrogens (tertiary/aromatic N) is 3. The SMILES string of the molecule is C[C@@H](c1cc(=O)[nH]c(NC[C@@]2(C)CCCO2)n1)n1ncc2ccccc2c1=O. The van der Waals surface area contributed by atoms with Crippen molar-refractivity contribution in [1.29, 1.82) is 0 Å². The molecule has 3 heterocycles. The highest BCUT2D eigenvalue weighted by molar-refractivity contribution is 5.80.